The maximum atomic E-state index is 6.44. The Morgan fingerprint density at radius 3 is 1.20 bits per heavy atom. The van der Waals surface area contributed by atoms with E-state index in [9.17, 15) is 0 Å². The summed E-state index contributed by atoms with van der Waals surface area (Å²) in [5, 5.41) is 27.7. The summed E-state index contributed by atoms with van der Waals surface area (Å²) in [7, 11) is 14.1. The number of thiazole rings is 1. The first-order valence-electron chi connectivity index (χ1n) is 44.2. The molecule has 15 nitrogen and oxygen atoms in total. The Balaban J connectivity index is 0.000000143. The van der Waals surface area contributed by atoms with Crippen molar-refractivity contribution in [1.82, 2.24) is 36.5 Å². The summed E-state index contributed by atoms with van der Waals surface area (Å²) in [4.78, 5) is 9.28. The Morgan fingerprint density at radius 2 is 0.789 bits per heavy atom. The van der Waals surface area contributed by atoms with Crippen LogP contribution in [0.1, 0.15) is 212 Å². The van der Waals surface area contributed by atoms with Gasteiger partial charge in [-0.15, -0.1) is 34.0 Å². The number of benzene rings is 6. The van der Waals surface area contributed by atoms with Gasteiger partial charge < -0.3 is 68.7 Å². The van der Waals surface area contributed by atoms with Crippen molar-refractivity contribution in [2.45, 2.75) is 191 Å². The molecule has 0 amide bonds. The van der Waals surface area contributed by atoms with Crippen molar-refractivity contribution in [1.29, 1.82) is 0 Å². The largest absolute Gasteiger partial charge is 0.485 e. The Morgan fingerprint density at radius 1 is 0.366 bits per heavy atom. The van der Waals surface area contributed by atoms with E-state index in [2.05, 4.69) is 212 Å². The van der Waals surface area contributed by atoms with Crippen LogP contribution in [0.4, 0.5) is 0 Å². The summed E-state index contributed by atoms with van der Waals surface area (Å²) < 4.78 is 48.7. The topological polar surface area (TPSA) is 158 Å². The maximum absolute atomic E-state index is 6.44. The summed E-state index contributed by atoms with van der Waals surface area (Å²) >= 11 is 6.97. The minimum Gasteiger partial charge on any atom is -0.485 e. The molecule has 6 aliphatic carbocycles. The van der Waals surface area contributed by atoms with Gasteiger partial charge in [-0.25, -0.2) is 4.98 Å². The molecule has 0 saturated carbocycles. The minimum atomic E-state index is -0.0236. The maximum Gasteiger partial charge on any atom is 0.157 e. The van der Waals surface area contributed by atoms with Crippen LogP contribution in [0.3, 0.4) is 0 Å². The molecular weight excluding hydrogens is 1640 g/mol. The van der Waals surface area contributed by atoms with Crippen molar-refractivity contribution in [2.24, 2.45) is 0 Å². The Labute approximate surface area is 762 Å². The third-order valence-corrected chi connectivity index (χ3v) is 27.0. The third-order valence-electron chi connectivity index (χ3n) is 23.5. The van der Waals surface area contributed by atoms with Gasteiger partial charge in [-0.05, 0) is 365 Å². The Bertz CT molecular complexity index is 4520. The first kappa shape index (κ1) is 95.5. The quantitative estimate of drug-likeness (QED) is 0.0252. The van der Waals surface area contributed by atoms with Gasteiger partial charge in [0, 0.05) is 77.5 Å². The van der Waals surface area contributed by atoms with Crippen molar-refractivity contribution in [2.75, 3.05) is 88.6 Å². The number of fused-ring (bicyclic) bond motifs is 6. The van der Waals surface area contributed by atoms with E-state index in [0.29, 0.717) is 0 Å². The van der Waals surface area contributed by atoms with E-state index in [1.165, 1.54) is 166 Å². The van der Waals surface area contributed by atoms with E-state index in [1.54, 1.807) is 64.1 Å². The molecule has 6 atom stereocenters. The van der Waals surface area contributed by atoms with Crippen molar-refractivity contribution < 1.29 is 37.3 Å². The zero-order valence-corrected chi connectivity index (χ0v) is 78.4. The molecule has 0 saturated heterocycles. The third kappa shape index (κ3) is 27.9. The monoisotopic (exact) mass is 1770 g/mol. The second-order valence-corrected chi connectivity index (χ2v) is 35.9. The number of thiophene rings is 3. The highest BCUT2D eigenvalue weighted by Crippen LogP contribution is 2.42. The molecule has 6 aromatic carbocycles. The molecule has 123 heavy (non-hydrogen) atoms. The SMILES string of the molecule is CN(C)CC[C@H](Oc1cccc2c1CCC2)c1cccs1.CNCC[C@H](Oc1ccc2c(c1)CCC2)c1cccs1.CNCC[C@H](Oc1cccc2c1CCC2)c1ccco1.CNCC[C@H](Oc1cccc2c1CCC2)c1ccoc1.CNCC[C@H](Oc1cccc2c1CCC2)c1ccsc1.CNCC[C@H](Oc1cccc2c1CCC2)c1nccs1.S.S. The lowest BCUT2D eigenvalue weighted by Gasteiger charge is -2.21. The molecule has 0 aliphatic heterocycles. The summed E-state index contributed by atoms with van der Waals surface area (Å²) in [6.45, 7) is 5.73. The lowest BCUT2D eigenvalue weighted by Crippen LogP contribution is -2.18. The van der Waals surface area contributed by atoms with Gasteiger partial charge in [0.1, 0.15) is 69.7 Å². The predicted molar refractivity (Wildman–Crippen MR) is 520 cm³/mol. The molecule has 18 rings (SSSR count). The normalized spacial score (nSPS) is 14.8. The second kappa shape index (κ2) is 51.5. The number of ether oxygens (including phenoxy) is 6. The lowest BCUT2D eigenvalue weighted by molar-refractivity contribution is 0.165. The molecule has 0 radical (unpaired) electrons. The van der Waals surface area contributed by atoms with Crippen molar-refractivity contribution in [3.8, 4) is 34.5 Å². The zero-order chi connectivity index (χ0) is 83.6. The van der Waals surface area contributed by atoms with Crippen LogP contribution in [-0.2, 0) is 77.0 Å². The van der Waals surface area contributed by atoms with E-state index in [4.69, 9.17) is 37.3 Å². The average Bonchev–Trinajstić information content (AvgIpc) is 1.73. The van der Waals surface area contributed by atoms with Crippen molar-refractivity contribution >= 4 is 72.3 Å². The number of furan rings is 2. The summed E-state index contributed by atoms with van der Waals surface area (Å²) in [6.07, 6.45) is 35.0. The van der Waals surface area contributed by atoms with E-state index in [-0.39, 0.29) is 63.6 Å². The molecule has 21 heteroatoms. The molecule has 5 N–H and O–H groups in total. The Hall–Kier alpha value is -8.13. The molecule has 0 fully saturated rings. The van der Waals surface area contributed by atoms with Crippen LogP contribution >= 0.6 is 72.3 Å². The summed E-state index contributed by atoms with van der Waals surface area (Å²) in [5.41, 5.74) is 19.7. The molecule has 6 aromatic heterocycles. The average molecular weight is 1780 g/mol. The van der Waals surface area contributed by atoms with E-state index in [0.717, 1.165) is 161 Å². The molecular formula is C102H131N7O8S6. The first-order chi connectivity index (χ1) is 59.6. The molecule has 12 aromatic rings. The molecule has 658 valence electrons. The molecule has 0 spiro atoms. The van der Waals surface area contributed by atoms with Gasteiger partial charge in [-0.1, -0.05) is 78.9 Å². The fraction of sp³-hybridized carbons (Fsp3) is 0.422. The van der Waals surface area contributed by atoms with Crippen LogP contribution < -0.4 is 55.0 Å². The van der Waals surface area contributed by atoms with Gasteiger partial charge in [-0.3, -0.25) is 0 Å². The highest BCUT2D eigenvalue weighted by atomic mass is 32.1. The van der Waals surface area contributed by atoms with Gasteiger partial charge in [0.05, 0.1) is 18.8 Å². The number of nitrogens with zero attached hydrogens (tertiary/aromatic N) is 2. The lowest BCUT2D eigenvalue weighted by atomic mass is 10.1. The van der Waals surface area contributed by atoms with Gasteiger partial charge in [0.15, 0.2) is 12.2 Å². The molecule has 0 bridgehead atoms. The Kier molecular flexibility index (Phi) is 40.0. The number of hydrogen-bond donors (Lipinski definition) is 5. The van der Waals surface area contributed by atoms with Gasteiger partial charge in [0.2, 0.25) is 0 Å². The van der Waals surface area contributed by atoms with Crippen molar-refractivity contribution in [3.05, 3.63) is 308 Å². The molecule has 6 aliphatic rings. The van der Waals surface area contributed by atoms with Crippen LogP contribution in [0.25, 0.3) is 0 Å². The number of nitrogens with one attached hydrogen (secondary N) is 5. The highest BCUT2D eigenvalue weighted by Gasteiger charge is 2.28. The fourth-order valence-corrected chi connectivity index (χ4v) is 20.1. The van der Waals surface area contributed by atoms with E-state index >= 15 is 0 Å². The zero-order valence-electron chi connectivity index (χ0n) is 73.2. The standard InChI is InChI=1S/C18H23NOS.2C17H21NO2.2C17H21NOS.C16H20N2OS.2H2S/c1-19(2)12-11-17(18-10-5-13-21-18)20-16-9-4-7-14-6-3-8-15(14)16;1-18-11-10-17(16-9-4-12-19-16)20-15-8-3-6-13-5-2-7-14(13)15;1-18-10-8-16(14-9-11-19-12-14)20-17-7-3-5-13-4-2-6-15(13)17;1-18-10-8-16(14-9-11-20-12-14)19-17-7-3-5-13-4-2-6-15(13)17;1-18-10-9-16(17-6-3-11-20-17)19-15-8-7-13-4-2-5-14(13)12-15;1-17-9-8-15(16-18-10-11-20-16)19-14-7-3-5-12-4-2-6-13(12)14;;/h4-5,7,9-10,13,17H,3,6,8,11-12H2,1-2H3;3-4,6,8-9,12,17-18H,2,5,7,10-11H2,1H3;2*3,5,7,9,11-12,16,18H,2,4,6,8,10H2,1H3;3,6-8,11-12,16,18H,2,4-5,9-10H2,1H3;3,5,7,10-11,15,17H,2,4,6,8-9H2,1H3;2*1H2/t2*17-;3*16-;15-;;/m000000../s1. The van der Waals surface area contributed by atoms with Crippen LogP contribution in [0, 0.1) is 0 Å². The molecule has 0 unspecified atom stereocenters. The van der Waals surface area contributed by atoms with Crippen molar-refractivity contribution in [3.63, 3.8) is 0 Å². The first-order valence-corrected chi connectivity index (χ1v) is 47.8. The van der Waals surface area contributed by atoms with Crippen LogP contribution in [0.2, 0.25) is 0 Å². The number of aryl methyl sites for hydroxylation is 7. The molecule has 6 heterocycles. The van der Waals surface area contributed by atoms with Crippen LogP contribution in [-0.4, -0.2) is 98.5 Å². The van der Waals surface area contributed by atoms with E-state index in [1.807, 2.05) is 65.0 Å². The summed E-state index contributed by atoms with van der Waals surface area (Å²) in [6, 6.07) is 55.5. The number of hydrogen-bond acceptors (Lipinski definition) is 19. The number of rotatable bonds is 36. The predicted octanol–water partition coefficient (Wildman–Crippen LogP) is 22.8. The second-order valence-electron chi connectivity index (χ2n) is 32.2. The number of aromatic nitrogens is 1. The smallest absolute Gasteiger partial charge is 0.157 e. The van der Waals surface area contributed by atoms with Gasteiger partial charge >= 0.3 is 0 Å². The van der Waals surface area contributed by atoms with Gasteiger partial charge in [0.25, 0.3) is 0 Å². The van der Waals surface area contributed by atoms with Gasteiger partial charge in [-0.2, -0.15) is 38.3 Å². The fourth-order valence-electron chi connectivity index (χ4n) is 17.1. The summed E-state index contributed by atoms with van der Waals surface area (Å²) in [5.74, 6) is 7.22. The minimum absolute atomic E-state index is 0. The highest BCUT2D eigenvalue weighted by molar-refractivity contribution is 7.59. The van der Waals surface area contributed by atoms with Crippen LogP contribution in [0.5, 0.6) is 34.5 Å². The van der Waals surface area contributed by atoms with Crippen LogP contribution in [0.15, 0.2) is 218 Å². The van der Waals surface area contributed by atoms with E-state index < -0.39 is 0 Å².